The molecule has 2 aromatic rings. The third-order valence-electron chi connectivity index (χ3n) is 5.68. The summed E-state index contributed by atoms with van der Waals surface area (Å²) in [4.78, 5) is 19.6. The second-order valence-electron chi connectivity index (χ2n) is 7.73. The quantitative estimate of drug-likeness (QED) is 0.818. The van der Waals surface area contributed by atoms with Crippen LogP contribution in [0.3, 0.4) is 0 Å². The minimum Gasteiger partial charge on any atom is -0.373 e. The summed E-state index contributed by atoms with van der Waals surface area (Å²) >= 11 is 0. The van der Waals surface area contributed by atoms with Gasteiger partial charge in [0, 0.05) is 57.1 Å². The molecule has 0 aliphatic carbocycles. The summed E-state index contributed by atoms with van der Waals surface area (Å²) in [6.07, 6.45) is 0.0893. The fraction of sp³-hybridized carbons (Fsp3) is 0.435. The van der Waals surface area contributed by atoms with E-state index in [1.807, 2.05) is 36.1 Å². The SMILES string of the molecule is Cc1ccc(C(=O)N2CCOC(CN3CCN(c4ccccc4)CC3)C2)cc1. The van der Waals surface area contributed by atoms with E-state index in [9.17, 15) is 4.79 Å². The average Bonchev–Trinajstić information content (AvgIpc) is 2.75. The number of aryl methyl sites for hydroxylation is 1. The number of rotatable bonds is 4. The summed E-state index contributed by atoms with van der Waals surface area (Å²) < 4.78 is 5.98. The standard InChI is InChI=1S/C23H29N3O2/c1-19-7-9-20(10-8-19)23(27)26-15-16-28-22(18-26)17-24-11-13-25(14-12-24)21-5-3-2-4-6-21/h2-10,22H,11-18H2,1H3. The molecule has 2 aliphatic heterocycles. The van der Waals surface area contributed by atoms with Gasteiger partial charge in [-0.15, -0.1) is 0 Å². The lowest BCUT2D eigenvalue weighted by Crippen LogP contribution is -2.53. The average molecular weight is 380 g/mol. The molecule has 0 bridgehead atoms. The first-order valence-corrected chi connectivity index (χ1v) is 10.2. The molecule has 0 radical (unpaired) electrons. The van der Waals surface area contributed by atoms with Gasteiger partial charge in [-0.1, -0.05) is 35.9 Å². The van der Waals surface area contributed by atoms with Gasteiger partial charge < -0.3 is 14.5 Å². The van der Waals surface area contributed by atoms with Gasteiger partial charge in [0.2, 0.25) is 0 Å². The molecular formula is C23H29N3O2. The highest BCUT2D eigenvalue weighted by molar-refractivity contribution is 5.94. The first kappa shape index (κ1) is 19.0. The number of carbonyl (C=O) groups is 1. The van der Waals surface area contributed by atoms with Crippen molar-refractivity contribution in [3.63, 3.8) is 0 Å². The van der Waals surface area contributed by atoms with Crippen molar-refractivity contribution in [1.82, 2.24) is 9.80 Å². The summed E-state index contributed by atoms with van der Waals surface area (Å²) in [5.74, 6) is 0.113. The fourth-order valence-corrected chi connectivity index (χ4v) is 4.01. The van der Waals surface area contributed by atoms with Crippen LogP contribution in [0.4, 0.5) is 5.69 Å². The number of hydrogen-bond acceptors (Lipinski definition) is 4. The van der Waals surface area contributed by atoms with Gasteiger partial charge in [0.1, 0.15) is 0 Å². The number of hydrogen-bond donors (Lipinski definition) is 0. The smallest absolute Gasteiger partial charge is 0.254 e. The molecule has 2 saturated heterocycles. The van der Waals surface area contributed by atoms with Crippen molar-refractivity contribution in [3.8, 4) is 0 Å². The van der Waals surface area contributed by atoms with Crippen LogP contribution in [0.1, 0.15) is 15.9 Å². The Hall–Kier alpha value is -2.37. The van der Waals surface area contributed by atoms with Gasteiger partial charge in [0.05, 0.1) is 12.7 Å². The predicted octanol–water partition coefficient (Wildman–Crippen LogP) is 2.66. The number of benzene rings is 2. The van der Waals surface area contributed by atoms with Gasteiger partial charge in [0.25, 0.3) is 5.91 Å². The van der Waals surface area contributed by atoms with Gasteiger partial charge in [0.15, 0.2) is 0 Å². The molecular weight excluding hydrogens is 350 g/mol. The number of morpholine rings is 1. The number of piperazine rings is 1. The maximum Gasteiger partial charge on any atom is 0.254 e. The Labute approximate surface area is 167 Å². The van der Waals surface area contributed by atoms with Crippen molar-refractivity contribution in [2.24, 2.45) is 0 Å². The highest BCUT2D eigenvalue weighted by Crippen LogP contribution is 2.17. The summed E-state index contributed by atoms with van der Waals surface area (Å²) in [5.41, 5.74) is 3.24. The summed E-state index contributed by atoms with van der Waals surface area (Å²) in [6.45, 7) is 9.01. The number of para-hydroxylation sites is 1. The lowest BCUT2D eigenvalue weighted by atomic mass is 10.1. The Balaban J connectivity index is 1.28. The van der Waals surface area contributed by atoms with Gasteiger partial charge in [-0.2, -0.15) is 0 Å². The zero-order valence-corrected chi connectivity index (χ0v) is 16.6. The molecule has 0 saturated carbocycles. The fourth-order valence-electron chi connectivity index (χ4n) is 4.01. The van der Waals surface area contributed by atoms with E-state index in [1.165, 1.54) is 11.3 Å². The molecule has 28 heavy (non-hydrogen) atoms. The Morgan fingerprint density at radius 2 is 1.68 bits per heavy atom. The molecule has 2 aliphatic rings. The lowest BCUT2D eigenvalue weighted by molar-refractivity contribution is -0.0363. The van der Waals surface area contributed by atoms with Crippen LogP contribution in [-0.4, -0.2) is 74.2 Å². The number of ether oxygens (including phenoxy) is 1. The maximum atomic E-state index is 12.8. The topological polar surface area (TPSA) is 36.0 Å². The van der Waals surface area contributed by atoms with Gasteiger partial charge in [-0.25, -0.2) is 0 Å². The maximum absolute atomic E-state index is 12.8. The van der Waals surface area contributed by atoms with E-state index in [0.717, 1.165) is 38.3 Å². The largest absolute Gasteiger partial charge is 0.373 e. The normalized spacial score (nSPS) is 21.0. The molecule has 0 aromatic heterocycles. The number of anilines is 1. The molecule has 5 heteroatoms. The van der Waals surface area contributed by atoms with Crippen molar-refractivity contribution in [2.45, 2.75) is 13.0 Å². The van der Waals surface area contributed by atoms with E-state index in [4.69, 9.17) is 4.74 Å². The number of carbonyl (C=O) groups excluding carboxylic acids is 1. The monoisotopic (exact) mass is 379 g/mol. The molecule has 2 fully saturated rings. The summed E-state index contributed by atoms with van der Waals surface area (Å²) in [6, 6.07) is 18.4. The minimum absolute atomic E-state index is 0.0893. The Bertz CT molecular complexity index is 770. The van der Waals surface area contributed by atoms with E-state index in [-0.39, 0.29) is 12.0 Å². The van der Waals surface area contributed by atoms with E-state index in [1.54, 1.807) is 0 Å². The predicted molar refractivity (Wildman–Crippen MR) is 112 cm³/mol. The molecule has 2 aromatic carbocycles. The Morgan fingerprint density at radius 1 is 0.964 bits per heavy atom. The van der Waals surface area contributed by atoms with Gasteiger partial charge in [-0.05, 0) is 31.2 Å². The Kier molecular flexibility index (Phi) is 5.93. The molecule has 0 spiro atoms. The molecule has 2 heterocycles. The second-order valence-corrected chi connectivity index (χ2v) is 7.73. The highest BCUT2D eigenvalue weighted by Gasteiger charge is 2.27. The molecule has 1 atom stereocenters. The molecule has 1 amide bonds. The molecule has 5 nitrogen and oxygen atoms in total. The van der Waals surface area contributed by atoms with Crippen LogP contribution in [0.15, 0.2) is 54.6 Å². The Morgan fingerprint density at radius 3 is 2.39 bits per heavy atom. The summed E-state index contributed by atoms with van der Waals surface area (Å²) in [5, 5.41) is 0. The van der Waals surface area contributed by atoms with E-state index in [0.29, 0.717) is 19.7 Å². The van der Waals surface area contributed by atoms with Crippen molar-refractivity contribution in [2.75, 3.05) is 57.3 Å². The zero-order valence-electron chi connectivity index (χ0n) is 16.6. The second kappa shape index (κ2) is 8.76. The lowest BCUT2D eigenvalue weighted by Gasteiger charge is -2.40. The summed E-state index contributed by atoms with van der Waals surface area (Å²) in [7, 11) is 0. The first-order valence-electron chi connectivity index (χ1n) is 10.2. The van der Waals surface area contributed by atoms with E-state index in [2.05, 4.69) is 40.1 Å². The van der Waals surface area contributed by atoms with Gasteiger partial charge in [-0.3, -0.25) is 9.69 Å². The van der Waals surface area contributed by atoms with Crippen molar-refractivity contribution in [1.29, 1.82) is 0 Å². The van der Waals surface area contributed by atoms with E-state index >= 15 is 0 Å². The van der Waals surface area contributed by atoms with Crippen LogP contribution in [0.2, 0.25) is 0 Å². The van der Waals surface area contributed by atoms with Gasteiger partial charge >= 0.3 is 0 Å². The van der Waals surface area contributed by atoms with Crippen LogP contribution in [0.5, 0.6) is 0 Å². The molecule has 1 unspecified atom stereocenters. The van der Waals surface area contributed by atoms with Crippen LogP contribution in [0.25, 0.3) is 0 Å². The molecule has 0 N–H and O–H groups in total. The minimum atomic E-state index is 0.0893. The van der Waals surface area contributed by atoms with E-state index < -0.39 is 0 Å². The first-order chi connectivity index (χ1) is 13.7. The van der Waals surface area contributed by atoms with Crippen LogP contribution in [-0.2, 0) is 4.74 Å². The third kappa shape index (κ3) is 4.54. The number of amides is 1. The van der Waals surface area contributed by atoms with Crippen molar-refractivity contribution < 1.29 is 9.53 Å². The van der Waals surface area contributed by atoms with Crippen molar-refractivity contribution in [3.05, 3.63) is 65.7 Å². The molecule has 148 valence electrons. The van der Waals surface area contributed by atoms with Crippen LogP contribution in [0, 0.1) is 6.92 Å². The third-order valence-corrected chi connectivity index (χ3v) is 5.68. The molecule has 4 rings (SSSR count). The number of nitrogens with zero attached hydrogens (tertiary/aromatic N) is 3. The van der Waals surface area contributed by atoms with Crippen LogP contribution >= 0.6 is 0 Å². The van der Waals surface area contributed by atoms with Crippen LogP contribution < -0.4 is 4.90 Å². The van der Waals surface area contributed by atoms with Crippen molar-refractivity contribution >= 4 is 11.6 Å². The zero-order chi connectivity index (χ0) is 19.3. The highest BCUT2D eigenvalue weighted by atomic mass is 16.5.